The zero-order valence-electron chi connectivity index (χ0n) is 17.2. The molecule has 0 bridgehead atoms. The van der Waals surface area contributed by atoms with E-state index in [1.54, 1.807) is 12.1 Å². The number of carbonyl (C=O) groups is 1. The van der Waals surface area contributed by atoms with Crippen LogP contribution >= 0.6 is 39.1 Å². The van der Waals surface area contributed by atoms with Crippen molar-refractivity contribution in [2.24, 2.45) is 5.10 Å². The highest BCUT2D eigenvalue weighted by Gasteiger charge is 2.34. The Morgan fingerprint density at radius 2 is 1.83 bits per heavy atom. The fourth-order valence-electron chi connectivity index (χ4n) is 3.74. The van der Waals surface area contributed by atoms with E-state index in [4.69, 9.17) is 28.3 Å². The molecule has 0 fully saturated rings. The molecule has 0 radical (unpaired) electrons. The number of carbonyl (C=O) groups excluding carboxylic acids is 1. The fraction of sp³-hybridized carbons (Fsp3) is 0.391. The second kappa shape index (κ2) is 10.7. The number of nitrogens with zero attached hydrogens (tertiary/aromatic N) is 2. The monoisotopic (exact) mass is 509 g/mol. The quantitative estimate of drug-likeness (QED) is 0.409. The number of benzene rings is 2. The van der Waals surface area contributed by atoms with Crippen LogP contribution in [0.25, 0.3) is 0 Å². The topological polar surface area (TPSA) is 44.7 Å². The highest BCUT2D eigenvalue weighted by molar-refractivity contribution is 9.10. The molecule has 1 unspecified atom stereocenters. The van der Waals surface area contributed by atoms with Gasteiger partial charge in [0.1, 0.15) is 5.71 Å². The van der Waals surface area contributed by atoms with Crippen molar-refractivity contribution in [2.75, 3.05) is 5.01 Å². The fourth-order valence-corrected chi connectivity index (χ4v) is 4.49. The van der Waals surface area contributed by atoms with Gasteiger partial charge >= 0.3 is 0 Å². The highest BCUT2D eigenvalue weighted by atomic mass is 79.9. The van der Waals surface area contributed by atoms with Crippen molar-refractivity contribution in [3.63, 3.8) is 0 Å². The molecule has 1 aliphatic rings. The van der Waals surface area contributed by atoms with E-state index in [2.05, 4.69) is 35.1 Å². The van der Waals surface area contributed by atoms with Gasteiger partial charge in [0.15, 0.2) is 0 Å². The number of hydrazone groups is 1. The maximum Gasteiger partial charge on any atom is 0.267 e. The van der Waals surface area contributed by atoms with E-state index < -0.39 is 0 Å². The van der Waals surface area contributed by atoms with Crippen molar-refractivity contribution in [1.82, 2.24) is 5.32 Å². The number of nitrogens with one attached hydrogen (secondary N) is 1. The van der Waals surface area contributed by atoms with Crippen molar-refractivity contribution >= 4 is 56.4 Å². The molecule has 0 aromatic heterocycles. The van der Waals surface area contributed by atoms with Crippen LogP contribution in [0, 0.1) is 0 Å². The predicted octanol–water partition coefficient (Wildman–Crippen LogP) is 7.15. The van der Waals surface area contributed by atoms with Crippen LogP contribution < -0.4 is 10.3 Å². The SMILES string of the molecule is CCCC(CCC)NC(=O)C1=NN(c2ccc(Cl)cc2Cl)C(c2ccc(Br)cc2)C1. The Bertz CT molecular complexity index is 911. The zero-order valence-corrected chi connectivity index (χ0v) is 20.3. The second-order valence-corrected chi connectivity index (χ2v) is 9.27. The minimum Gasteiger partial charge on any atom is -0.348 e. The van der Waals surface area contributed by atoms with Gasteiger partial charge in [-0.1, -0.05) is 78.0 Å². The number of anilines is 1. The van der Waals surface area contributed by atoms with Gasteiger partial charge in [-0.05, 0) is 48.7 Å². The Kier molecular flexibility index (Phi) is 8.20. The van der Waals surface area contributed by atoms with E-state index in [9.17, 15) is 4.79 Å². The Hall–Kier alpha value is -1.56. The largest absolute Gasteiger partial charge is 0.348 e. The van der Waals surface area contributed by atoms with Gasteiger partial charge in [0.2, 0.25) is 0 Å². The molecule has 0 aliphatic carbocycles. The summed E-state index contributed by atoms with van der Waals surface area (Å²) in [6, 6.07) is 13.5. The molecule has 1 aliphatic heterocycles. The maximum absolute atomic E-state index is 13.0. The Morgan fingerprint density at radius 3 is 2.43 bits per heavy atom. The molecule has 1 amide bonds. The molecule has 2 aromatic carbocycles. The number of hydrogen-bond acceptors (Lipinski definition) is 3. The van der Waals surface area contributed by atoms with Gasteiger partial charge in [0.25, 0.3) is 5.91 Å². The van der Waals surface area contributed by atoms with E-state index in [1.807, 2.05) is 35.3 Å². The van der Waals surface area contributed by atoms with E-state index >= 15 is 0 Å². The van der Waals surface area contributed by atoms with E-state index in [1.165, 1.54) is 0 Å². The van der Waals surface area contributed by atoms with Crippen molar-refractivity contribution in [2.45, 2.75) is 58.0 Å². The standard InChI is InChI=1S/C23H26BrCl2N3O/c1-3-5-18(6-4-2)27-23(30)20-14-22(15-7-9-16(24)10-8-15)29(28-20)21-12-11-17(25)13-19(21)26/h7-13,18,22H,3-6,14H2,1-2H3,(H,27,30). The van der Waals surface area contributed by atoms with Gasteiger partial charge in [-0.2, -0.15) is 5.10 Å². The van der Waals surface area contributed by atoms with Gasteiger partial charge in [0, 0.05) is 22.0 Å². The molecule has 0 spiro atoms. The van der Waals surface area contributed by atoms with Crippen molar-refractivity contribution < 1.29 is 4.79 Å². The molecule has 1 atom stereocenters. The van der Waals surface area contributed by atoms with Gasteiger partial charge in [0.05, 0.1) is 16.8 Å². The summed E-state index contributed by atoms with van der Waals surface area (Å²) < 4.78 is 1.00. The van der Waals surface area contributed by atoms with E-state index in [-0.39, 0.29) is 18.0 Å². The average molecular weight is 511 g/mol. The summed E-state index contributed by atoms with van der Waals surface area (Å²) in [7, 11) is 0. The summed E-state index contributed by atoms with van der Waals surface area (Å²) in [5, 5.41) is 10.8. The third kappa shape index (κ3) is 5.57. The van der Waals surface area contributed by atoms with Crippen LogP contribution in [-0.2, 0) is 4.79 Å². The minimum absolute atomic E-state index is 0.100. The summed E-state index contributed by atoms with van der Waals surface area (Å²) in [5.74, 6) is -0.100. The summed E-state index contributed by atoms with van der Waals surface area (Å²) in [5.41, 5.74) is 2.32. The molecular formula is C23H26BrCl2N3O. The first-order chi connectivity index (χ1) is 14.4. The summed E-state index contributed by atoms with van der Waals surface area (Å²) in [6.45, 7) is 4.27. The lowest BCUT2D eigenvalue weighted by Gasteiger charge is -2.25. The summed E-state index contributed by atoms with van der Waals surface area (Å²) in [6.07, 6.45) is 4.51. The van der Waals surface area contributed by atoms with Gasteiger partial charge in [-0.15, -0.1) is 0 Å². The van der Waals surface area contributed by atoms with Gasteiger partial charge in [-0.25, -0.2) is 0 Å². The smallest absolute Gasteiger partial charge is 0.267 e. The summed E-state index contributed by atoms with van der Waals surface area (Å²) >= 11 is 16.0. The Labute approximate surface area is 196 Å². The third-order valence-corrected chi connectivity index (χ3v) is 6.26. The zero-order chi connectivity index (χ0) is 21.7. The number of halogens is 3. The molecule has 3 rings (SSSR count). The molecule has 30 heavy (non-hydrogen) atoms. The van der Waals surface area contributed by atoms with Crippen LogP contribution in [0.3, 0.4) is 0 Å². The van der Waals surface area contributed by atoms with Crippen molar-refractivity contribution in [3.8, 4) is 0 Å². The lowest BCUT2D eigenvalue weighted by Crippen LogP contribution is -2.38. The molecule has 7 heteroatoms. The Morgan fingerprint density at radius 1 is 1.17 bits per heavy atom. The lowest BCUT2D eigenvalue weighted by atomic mass is 10.0. The average Bonchev–Trinajstić information content (AvgIpc) is 3.14. The molecule has 0 saturated carbocycles. The predicted molar refractivity (Wildman–Crippen MR) is 130 cm³/mol. The summed E-state index contributed by atoms with van der Waals surface area (Å²) in [4.78, 5) is 13.0. The number of amides is 1. The first-order valence-corrected chi connectivity index (χ1v) is 11.9. The lowest BCUT2D eigenvalue weighted by molar-refractivity contribution is -0.115. The Balaban J connectivity index is 1.91. The number of rotatable bonds is 8. The van der Waals surface area contributed by atoms with Crippen LogP contribution in [0.4, 0.5) is 5.69 Å². The van der Waals surface area contributed by atoms with Crippen LogP contribution in [0.1, 0.15) is 57.6 Å². The van der Waals surface area contributed by atoms with E-state index in [0.29, 0.717) is 22.2 Å². The maximum atomic E-state index is 13.0. The first kappa shape index (κ1) is 23.1. The molecule has 1 N–H and O–H groups in total. The normalized spacial score (nSPS) is 16.1. The molecular weight excluding hydrogens is 485 g/mol. The van der Waals surface area contributed by atoms with E-state index in [0.717, 1.165) is 41.4 Å². The van der Waals surface area contributed by atoms with Crippen LogP contribution in [0.5, 0.6) is 0 Å². The second-order valence-electron chi connectivity index (χ2n) is 7.51. The van der Waals surface area contributed by atoms with Crippen LogP contribution in [-0.4, -0.2) is 17.7 Å². The molecule has 160 valence electrons. The third-order valence-electron chi connectivity index (χ3n) is 5.19. The first-order valence-electron chi connectivity index (χ1n) is 10.3. The molecule has 0 saturated heterocycles. The molecule has 1 heterocycles. The minimum atomic E-state index is -0.117. The highest BCUT2D eigenvalue weighted by Crippen LogP contribution is 2.39. The van der Waals surface area contributed by atoms with Crippen LogP contribution in [0.15, 0.2) is 52.0 Å². The number of hydrogen-bond donors (Lipinski definition) is 1. The van der Waals surface area contributed by atoms with Crippen molar-refractivity contribution in [3.05, 3.63) is 62.5 Å². The molecule has 2 aromatic rings. The van der Waals surface area contributed by atoms with Crippen molar-refractivity contribution in [1.29, 1.82) is 0 Å². The van der Waals surface area contributed by atoms with Crippen LogP contribution in [0.2, 0.25) is 10.0 Å². The molecule has 4 nitrogen and oxygen atoms in total. The van der Waals surface area contributed by atoms with Gasteiger partial charge < -0.3 is 5.32 Å². The van der Waals surface area contributed by atoms with Gasteiger partial charge in [-0.3, -0.25) is 9.80 Å².